The van der Waals surface area contributed by atoms with E-state index in [4.69, 9.17) is 5.26 Å². The molecule has 3 rings (SSSR count). The molecule has 23 heavy (non-hydrogen) atoms. The van der Waals surface area contributed by atoms with Crippen molar-refractivity contribution in [3.05, 3.63) is 40.0 Å². The Bertz CT molecular complexity index is 688. The second kappa shape index (κ2) is 7.07. The molecule has 3 heterocycles. The summed E-state index contributed by atoms with van der Waals surface area (Å²) in [5.74, 6) is 1.64. The molecule has 0 N–H and O–H groups in total. The first-order valence-corrected chi connectivity index (χ1v) is 8.72. The van der Waals surface area contributed by atoms with Crippen molar-refractivity contribution in [2.45, 2.75) is 19.9 Å². The molecule has 1 aliphatic heterocycles. The van der Waals surface area contributed by atoms with Crippen molar-refractivity contribution >= 4 is 17.2 Å². The molecule has 1 saturated heterocycles. The minimum absolute atomic E-state index is 0.615. The molecule has 0 unspecified atom stereocenters. The smallest absolute Gasteiger partial charge is 0.128 e. The zero-order valence-corrected chi connectivity index (χ0v) is 14.4. The molecule has 0 radical (unpaired) electrons. The first kappa shape index (κ1) is 15.9. The van der Waals surface area contributed by atoms with E-state index in [2.05, 4.69) is 39.8 Å². The third-order valence-corrected chi connectivity index (χ3v) is 5.23. The summed E-state index contributed by atoms with van der Waals surface area (Å²) in [6, 6.07) is 5.90. The van der Waals surface area contributed by atoms with E-state index in [1.807, 2.05) is 17.6 Å². The van der Waals surface area contributed by atoms with E-state index in [1.54, 1.807) is 17.5 Å². The molecule has 1 atom stereocenters. The topological polar surface area (TPSA) is 56.1 Å². The van der Waals surface area contributed by atoms with Gasteiger partial charge in [0.05, 0.1) is 16.8 Å². The van der Waals surface area contributed by atoms with Crippen molar-refractivity contribution in [1.82, 2.24) is 14.9 Å². The van der Waals surface area contributed by atoms with Crippen LogP contribution < -0.4 is 4.90 Å². The van der Waals surface area contributed by atoms with Gasteiger partial charge in [-0.2, -0.15) is 5.26 Å². The van der Waals surface area contributed by atoms with Gasteiger partial charge in [-0.05, 0) is 38.4 Å². The third-order valence-electron chi connectivity index (χ3n) is 4.32. The van der Waals surface area contributed by atoms with E-state index in [0.717, 1.165) is 37.7 Å². The Kier molecular flexibility index (Phi) is 4.89. The summed E-state index contributed by atoms with van der Waals surface area (Å²) in [6.07, 6.45) is 2.84. The molecule has 0 bridgehead atoms. The van der Waals surface area contributed by atoms with Crippen LogP contribution in [0.15, 0.2) is 23.8 Å². The van der Waals surface area contributed by atoms with Crippen LogP contribution in [0.25, 0.3) is 0 Å². The van der Waals surface area contributed by atoms with Crippen molar-refractivity contribution in [3.63, 3.8) is 0 Å². The second-order valence-corrected chi connectivity index (χ2v) is 7.11. The molecule has 0 amide bonds. The Morgan fingerprint density at radius 3 is 2.96 bits per heavy atom. The summed E-state index contributed by atoms with van der Waals surface area (Å²) < 4.78 is 0. The Balaban J connectivity index is 1.53. The third kappa shape index (κ3) is 3.87. The second-order valence-electron chi connectivity index (χ2n) is 6.18. The molecule has 120 valence electrons. The van der Waals surface area contributed by atoms with Gasteiger partial charge in [0.1, 0.15) is 11.9 Å². The van der Waals surface area contributed by atoms with E-state index in [0.29, 0.717) is 11.5 Å². The fourth-order valence-corrected chi connectivity index (χ4v) is 3.91. The molecule has 0 saturated carbocycles. The predicted octanol–water partition coefficient (Wildman–Crippen LogP) is 2.68. The minimum atomic E-state index is 0.615. The van der Waals surface area contributed by atoms with Gasteiger partial charge in [-0.1, -0.05) is 0 Å². The summed E-state index contributed by atoms with van der Waals surface area (Å²) in [4.78, 5) is 14.8. The minimum Gasteiger partial charge on any atom is -0.356 e. The van der Waals surface area contributed by atoms with E-state index in [1.165, 1.54) is 11.3 Å². The number of aryl methyl sites for hydroxylation is 1. The predicted molar refractivity (Wildman–Crippen MR) is 92.5 cm³/mol. The van der Waals surface area contributed by atoms with Crippen LogP contribution in [0.3, 0.4) is 0 Å². The van der Waals surface area contributed by atoms with Gasteiger partial charge in [-0.25, -0.2) is 9.97 Å². The van der Waals surface area contributed by atoms with Crippen LogP contribution in [0.5, 0.6) is 0 Å². The highest BCUT2D eigenvalue weighted by atomic mass is 32.1. The highest BCUT2D eigenvalue weighted by molar-refractivity contribution is 7.09. The summed E-state index contributed by atoms with van der Waals surface area (Å²) in [6.45, 7) is 6.21. The number of nitrogens with zero attached hydrogens (tertiary/aromatic N) is 5. The van der Waals surface area contributed by atoms with Crippen LogP contribution in [0.4, 0.5) is 5.82 Å². The number of nitriles is 1. The van der Waals surface area contributed by atoms with Crippen LogP contribution in [-0.4, -0.2) is 41.5 Å². The zero-order valence-electron chi connectivity index (χ0n) is 13.6. The lowest BCUT2D eigenvalue weighted by Gasteiger charge is -2.21. The van der Waals surface area contributed by atoms with Gasteiger partial charge in [0.25, 0.3) is 0 Å². The van der Waals surface area contributed by atoms with Gasteiger partial charge in [-0.3, -0.25) is 0 Å². The molecule has 1 aliphatic rings. The van der Waals surface area contributed by atoms with Gasteiger partial charge in [-0.15, -0.1) is 11.3 Å². The molecule has 6 heteroatoms. The van der Waals surface area contributed by atoms with E-state index in [-0.39, 0.29) is 0 Å². The van der Waals surface area contributed by atoms with Gasteiger partial charge < -0.3 is 9.80 Å². The van der Waals surface area contributed by atoms with Gasteiger partial charge in [0.2, 0.25) is 0 Å². The largest absolute Gasteiger partial charge is 0.356 e. The fourth-order valence-electron chi connectivity index (χ4n) is 3.06. The SMILES string of the molecule is Cc1ncsc1CN(C)C[C@@H]1CCN(c2ccc(C#N)cn2)C1. The number of aromatic nitrogens is 2. The molecular formula is C17H21N5S. The molecule has 0 aromatic carbocycles. The lowest BCUT2D eigenvalue weighted by atomic mass is 10.1. The van der Waals surface area contributed by atoms with E-state index >= 15 is 0 Å². The van der Waals surface area contributed by atoms with Crippen molar-refractivity contribution in [1.29, 1.82) is 5.26 Å². The number of rotatable bonds is 5. The monoisotopic (exact) mass is 327 g/mol. The van der Waals surface area contributed by atoms with Gasteiger partial charge in [0, 0.05) is 37.3 Å². The Morgan fingerprint density at radius 2 is 2.30 bits per heavy atom. The fraction of sp³-hybridized carbons (Fsp3) is 0.471. The Labute approximate surface area is 141 Å². The van der Waals surface area contributed by atoms with Crippen molar-refractivity contribution < 1.29 is 0 Å². The standard InChI is InChI=1S/C17H21N5S/c1-13-16(23-12-20-13)11-21(2)9-15-5-6-22(10-15)17-4-3-14(7-18)8-19-17/h3-4,8,12,15H,5-6,9-11H2,1-2H3/t15-/m0/s1. The van der Waals surface area contributed by atoms with Crippen molar-refractivity contribution in [3.8, 4) is 6.07 Å². The van der Waals surface area contributed by atoms with Gasteiger partial charge in [0.15, 0.2) is 0 Å². The average Bonchev–Trinajstić information content (AvgIpc) is 3.17. The van der Waals surface area contributed by atoms with Crippen LogP contribution in [0.2, 0.25) is 0 Å². The van der Waals surface area contributed by atoms with E-state index in [9.17, 15) is 0 Å². The average molecular weight is 327 g/mol. The summed E-state index contributed by atoms with van der Waals surface area (Å²) in [5, 5.41) is 8.85. The van der Waals surface area contributed by atoms with Crippen LogP contribution in [0.1, 0.15) is 22.6 Å². The Morgan fingerprint density at radius 1 is 1.43 bits per heavy atom. The summed E-state index contributed by atoms with van der Waals surface area (Å²) in [7, 11) is 2.18. The lowest BCUT2D eigenvalue weighted by Crippen LogP contribution is -2.28. The number of hydrogen-bond donors (Lipinski definition) is 0. The van der Waals surface area contributed by atoms with Crippen LogP contribution >= 0.6 is 11.3 Å². The van der Waals surface area contributed by atoms with Crippen molar-refractivity contribution in [2.24, 2.45) is 5.92 Å². The molecule has 2 aromatic rings. The van der Waals surface area contributed by atoms with Crippen molar-refractivity contribution in [2.75, 3.05) is 31.6 Å². The number of anilines is 1. The normalized spacial score (nSPS) is 17.7. The molecule has 1 fully saturated rings. The number of thiazole rings is 1. The highest BCUT2D eigenvalue weighted by Crippen LogP contribution is 2.23. The summed E-state index contributed by atoms with van der Waals surface area (Å²) >= 11 is 1.74. The van der Waals surface area contributed by atoms with Crippen LogP contribution in [0, 0.1) is 24.2 Å². The number of pyridine rings is 1. The van der Waals surface area contributed by atoms with E-state index < -0.39 is 0 Å². The van der Waals surface area contributed by atoms with Gasteiger partial charge >= 0.3 is 0 Å². The summed E-state index contributed by atoms with van der Waals surface area (Å²) in [5.41, 5.74) is 3.69. The highest BCUT2D eigenvalue weighted by Gasteiger charge is 2.24. The first-order valence-electron chi connectivity index (χ1n) is 7.84. The van der Waals surface area contributed by atoms with Crippen LogP contribution in [-0.2, 0) is 6.54 Å². The molecule has 5 nitrogen and oxygen atoms in total. The quantitative estimate of drug-likeness (QED) is 0.845. The molecule has 0 spiro atoms. The zero-order chi connectivity index (χ0) is 16.2. The Hall–Kier alpha value is -1.97. The lowest BCUT2D eigenvalue weighted by molar-refractivity contribution is 0.281. The molecule has 0 aliphatic carbocycles. The number of hydrogen-bond acceptors (Lipinski definition) is 6. The maximum atomic E-state index is 8.85. The maximum absolute atomic E-state index is 8.85. The maximum Gasteiger partial charge on any atom is 0.128 e. The first-order chi connectivity index (χ1) is 11.2. The molecular weight excluding hydrogens is 306 g/mol. The molecule has 2 aromatic heterocycles.